The molecular formula is C26H30N6O5S. The summed E-state index contributed by atoms with van der Waals surface area (Å²) in [6, 6.07) is 9.13. The van der Waals surface area contributed by atoms with E-state index in [1.807, 2.05) is 30.5 Å². The first-order valence-electron chi connectivity index (χ1n) is 12.4. The number of ether oxygens (including phenoxy) is 2. The molecule has 4 aromatic rings. The lowest BCUT2D eigenvalue weighted by atomic mass is 9.72. The van der Waals surface area contributed by atoms with Crippen molar-refractivity contribution in [1.82, 2.24) is 20.3 Å². The maximum absolute atomic E-state index is 12.7. The summed E-state index contributed by atoms with van der Waals surface area (Å²) in [6.45, 7) is 4.22. The largest absolute Gasteiger partial charge is 0.496 e. The first kappa shape index (κ1) is 24.7. The number of nitrogens with one attached hydrogen (secondary N) is 1. The molecule has 6 rings (SSSR count). The SMILES string of the molecule is COc1c(-c2noc3cc(Cn4cccn4)cc(OC)c23)cc(N2CC3(CCNCC3)C2)cc1S(N)(=O)=O. The molecule has 2 aromatic heterocycles. The Bertz CT molecular complexity index is 1580. The van der Waals surface area contributed by atoms with E-state index in [-0.39, 0.29) is 16.1 Å². The number of piperidine rings is 1. The van der Waals surface area contributed by atoms with Crippen molar-refractivity contribution in [2.45, 2.75) is 24.3 Å². The molecule has 0 aliphatic carbocycles. The first-order chi connectivity index (χ1) is 18.3. The Labute approximate surface area is 220 Å². The molecule has 1 spiro atoms. The van der Waals surface area contributed by atoms with Crippen molar-refractivity contribution in [2.75, 3.05) is 45.3 Å². The van der Waals surface area contributed by atoms with E-state index in [9.17, 15) is 8.42 Å². The van der Waals surface area contributed by atoms with Gasteiger partial charge in [-0.25, -0.2) is 13.6 Å². The van der Waals surface area contributed by atoms with Crippen molar-refractivity contribution < 1.29 is 22.4 Å². The molecule has 2 aromatic carbocycles. The Morgan fingerprint density at radius 3 is 2.58 bits per heavy atom. The molecule has 3 N–H and O–H groups in total. The van der Waals surface area contributed by atoms with E-state index < -0.39 is 10.0 Å². The molecule has 0 atom stereocenters. The van der Waals surface area contributed by atoms with Crippen LogP contribution in [0.1, 0.15) is 18.4 Å². The summed E-state index contributed by atoms with van der Waals surface area (Å²) in [5.74, 6) is 0.661. The predicted molar refractivity (Wildman–Crippen MR) is 142 cm³/mol. The number of fused-ring (bicyclic) bond motifs is 1. The number of methoxy groups -OCH3 is 2. The van der Waals surface area contributed by atoms with Crippen molar-refractivity contribution in [1.29, 1.82) is 0 Å². The molecule has 0 unspecified atom stereocenters. The Balaban J connectivity index is 1.47. The van der Waals surface area contributed by atoms with Gasteiger partial charge < -0.3 is 24.2 Å². The van der Waals surface area contributed by atoms with Gasteiger partial charge in [0.05, 0.1) is 31.7 Å². The third kappa shape index (κ3) is 4.28. The molecule has 11 nitrogen and oxygen atoms in total. The summed E-state index contributed by atoms with van der Waals surface area (Å²) in [5, 5.41) is 18.3. The number of benzene rings is 2. The van der Waals surface area contributed by atoms with Gasteiger partial charge in [-0.15, -0.1) is 0 Å². The average Bonchev–Trinajstić information content (AvgIpc) is 3.56. The lowest BCUT2D eigenvalue weighted by Gasteiger charge is -2.53. The lowest BCUT2D eigenvalue weighted by molar-refractivity contribution is 0.150. The van der Waals surface area contributed by atoms with Gasteiger partial charge in [-0.3, -0.25) is 4.68 Å². The van der Waals surface area contributed by atoms with Crippen molar-refractivity contribution in [3.8, 4) is 22.8 Å². The zero-order valence-electron chi connectivity index (χ0n) is 21.3. The molecule has 200 valence electrons. The number of hydrogen-bond donors (Lipinski definition) is 2. The molecule has 0 radical (unpaired) electrons. The topological polar surface area (TPSA) is 138 Å². The highest BCUT2D eigenvalue weighted by Crippen LogP contribution is 2.47. The van der Waals surface area contributed by atoms with Gasteiger partial charge in [0, 0.05) is 36.6 Å². The first-order valence-corrected chi connectivity index (χ1v) is 14.0. The summed E-state index contributed by atoms with van der Waals surface area (Å²) in [6.07, 6.45) is 5.79. The summed E-state index contributed by atoms with van der Waals surface area (Å²) in [7, 11) is -1.10. The Morgan fingerprint density at radius 2 is 1.92 bits per heavy atom. The third-order valence-electron chi connectivity index (χ3n) is 7.61. The van der Waals surface area contributed by atoms with E-state index in [1.54, 1.807) is 24.1 Å². The lowest BCUT2D eigenvalue weighted by Crippen LogP contribution is -2.60. The van der Waals surface area contributed by atoms with Gasteiger partial charge in [0.25, 0.3) is 0 Å². The van der Waals surface area contributed by atoms with Crippen molar-refractivity contribution in [3.05, 3.63) is 48.3 Å². The summed E-state index contributed by atoms with van der Waals surface area (Å²) in [5.41, 5.74) is 3.31. The fraction of sp³-hybridized carbons (Fsp3) is 0.385. The monoisotopic (exact) mass is 538 g/mol. The number of nitrogens with zero attached hydrogens (tertiary/aromatic N) is 4. The number of sulfonamides is 1. The van der Waals surface area contributed by atoms with E-state index in [0.717, 1.165) is 50.3 Å². The van der Waals surface area contributed by atoms with E-state index in [0.29, 0.717) is 34.5 Å². The van der Waals surface area contributed by atoms with Gasteiger partial charge in [0.2, 0.25) is 10.0 Å². The van der Waals surface area contributed by atoms with Crippen LogP contribution in [-0.2, 0) is 16.6 Å². The van der Waals surface area contributed by atoms with Gasteiger partial charge in [-0.2, -0.15) is 5.10 Å². The quantitative estimate of drug-likeness (QED) is 0.364. The zero-order valence-corrected chi connectivity index (χ0v) is 22.1. The maximum atomic E-state index is 12.7. The molecule has 0 amide bonds. The van der Waals surface area contributed by atoms with Gasteiger partial charge in [-0.05, 0) is 61.8 Å². The number of primary sulfonamides is 1. The fourth-order valence-electron chi connectivity index (χ4n) is 5.69. The second kappa shape index (κ2) is 9.29. The third-order valence-corrected chi connectivity index (χ3v) is 8.53. The molecule has 0 bridgehead atoms. The van der Waals surface area contributed by atoms with Gasteiger partial charge in [0.15, 0.2) is 5.58 Å². The highest BCUT2D eigenvalue weighted by Gasteiger charge is 2.44. The molecule has 4 heterocycles. The molecule has 0 saturated carbocycles. The molecule has 12 heteroatoms. The number of rotatable bonds is 7. The number of anilines is 1. The highest BCUT2D eigenvalue weighted by molar-refractivity contribution is 7.89. The van der Waals surface area contributed by atoms with Crippen LogP contribution in [0, 0.1) is 5.41 Å². The Hall–Kier alpha value is -3.61. The molecule has 2 saturated heterocycles. The van der Waals surface area contributed by atoms with Crippen LogP contribution in [0.15, 0.2) is 52.1 Å². The second-order valence-corrected chi connectivity index (χ2v) is 11.6. The Morgan fingerprint density at radius 1 is 1.13 bits per heavy atom. The smallest absolute Gasteiger partial charge is 0.241 e. The number of nitrogens with two attached hydrogens (primary N) is 1. The minimum Gasteiger partial charge on any atom is -0.496 e. The molecule has 2 aliphatic heterocycles. The van der Waals surface area contributed by atoms with E-state index >= 15 is 0 Å². The second-order valence-electron chi connectivity index (χ2n) is 10.1. The van der Waals surface area contributed by atoms with Crippen molar-refractivity contribution in [3.63, 3.8) is 0 Å². The zero-order chi connectivity index (χ0) is 26.5. The molecule has 2 fully saturated rings. The summed E-state index contributed by atoms with van der Waals surface area (Å²) >= 11 is 0. The van der Waals surface area contributed by atoms with Crippen LogP contribution in [0.3, 0.4) is 0 Å². The van der Waals surface area contributed by atoms with E-state index in [2.05, 4.69) is 20.5 Å². The van der Waals surface area contributed by atoms with Crippen LogP contribution in [-0.4, -0.2) is 63.8 Å². The fourth-order valence-corrected chi connectivity index (χ4v) is 6.43. The van der Waals surface area contributed by atoms with Crippen molar-refractivity contribution in [2.24, 2.45) is 10.6 Å². The minimum atomic E-state index is -4.10. The minimum absolute atomic E-state index is 0.0934. The highest BCUT2D eigenvalue weighted by atomic mass is 32.2. The van der Waals surface area contributed by atoms with Crippen LogP contribution in [0.25, 0.3) is 22.2 Å². The summed E-state index contributed by atoms with van der Waals surface area (Å²) in [4.78, 5) is 2.09. The normalized spacial score (nSPS) is 17.1. The van der Waals surface area contributed by atoms with Crippen LogP contribution >= 0.6 is 0 Å². The van der Waals surface area contributed by atoms with Crippen molar-refractivity contribution >= 4 is 26.7 Å². The Kier molecular flexibility index (Phi) is 6.04. The molecule has 38 heavy (non-hydrogen) atoms. The van der Waals surface area contributed by atoms with E-state index in [1.165, 1.54) is 7.11 Å². The van der Waals surface area contributed by atoms with Crippen LogP contribution in [0.5, 0.6) is 11.5 Å². The number of hydrogen-bond acceptors (Lipinski definition) is 9. The van der Waals surface area contributed by atoms with Gasteiger partial charge in [0.1, 0.15) is 22.1 Å². The van der Waals surface area contributed by atoms with E-state index in [4.69, 9.17) is 19.1 Å². The number of aromatic nitrogens is 3. The van der Waals surface area contributed by atoms with Gasteiger partial charge in [-0.1, -0.05) is 5.16 Å². The van der Waals surface area contributed by atoms with Gasteiger partial charge >= 0.3 is 0 Å². The summed E-state index contributed by atoms with van der Waals surface area (Å²) < 4.78 is 44.3. The maximum Gasteiger partial charge on any atom is 0.241 e. The van der Waals surface area contributed by atoms with Crippen LogP contribution in [0.4, 0.5) is 5.69 Å². The average molecular weight is 539 g/mol. The molecule has 2 aliphatic rings. The van der Waals surface area contributed by atoms with Crippen LogP contribution < -0.4 is 24.8 Å². The predicted octanol–water partition coefficient (Wildman–Crippen LogP) is 2.59. The standard InChI is InChI=1S/C26H30N6O5S/c1-35-20-10-17(14-32-9-3-6-29-32)11-21-23(20)24(30-37-21)19-12-18(13-22(25(19)36-2)38(27,33)34)31-15-26(16-31)4-7-28-8-5-26/h3,6,9-13,28H,4-5,7-8,14-16H2,1-2H3,(H2,27,33,34). The van der Waals surface area contributed by atoms with Crippen LogP contribution in [0.2, 0.25) is 0 Å². The molecular weight excluding hydrogens is 508 g/mol.